The van der Waals surface area contributed by atoms with Crippen molar-refractivity contribution < 1.29 is 9.90 Å². The van der Waals surface area contributed by atoms with Crippen molar-refractivity contribution >= 4 is 5.97 Å². The maximum atomic E-state index is 10.5. The van der Waals surface area contributed by atoms with E-state index in [1.54, 1.807) is 0 Å². The zero-order chi connectivity index (χ0) is 9.68. The lowest BCUT2D eigenvalue weighted by molar-refractivity contribution is 0.0690. The van der Waals surface area contributed by atoms with Crippen molar-refractivity contribution in [2.75, 3.05) is 6.54 Å². The van der Waals surface area contributed by atoms with Crippen LogP contribution in [0.1, 0.15) is 23.2 Å². The maximum absolute atomic E-state index is 10.5. The molecule has 1 aromatic rings. The molecule has 0 aliphatic heterocycles. The van der Waals surface area contributed by atoms with Crippen LogP contribution in [0, 0.1) is 0 Å². The van der Waals surface area contributed by atoms with Gasteiger partial charge in [0.2, 0.25) is 0 Å². The van der Waals surface area contributed by atoms with Crippen molar-refractivity contribution in [3.63, 3.8) is 0 Å². The van der Waals surface area contributed by atoms with Gasteiger partial charge in [-0.1, -0.05) is 6.92 Å². The average Bonchev–Trinajstić information content (AvgIpc) is 2.15. The first-order valence-corrected chi connectivity index (χ1v) is 4.00. The second-order valence-electron chi connectivity index (χ2n) is 2.44. The number of carboxylic acids is 1. The molecule has 2 N–H and O–H groups in total. The summed E-state index contributed by atoms with van der Waals surface area (Å²) < 4.78 is 0. The Morgan fingerprint density at radius 3 is 3.08 bits per heavy atom. The van der Waals surface area contributed by atoms with E-state index in [1.165, 1.54) is 12.3 Å². The Bertz CT molecular complexity index is 301. The van der Waals surface area contributed by atoms with Crippen LogP contribution in [-0.2, 0) is 6.54 Å². The van der Waals surface area contributed by atoms with Gasteiger partial charge in [-0.05, 0) is 12.6 Å². The van der Waals surface area contributed by atoms with Gasteiger partial charge < -0.3 is 10.4 Å². The van der Waals surface area contributed by atoms with Crippen LogP contribution in [0.5, 0.6) is 0 Å². The Morgan fingerprint density at radius 2 is 2.46 bits per heavy atom. The fourth-order valence-corrected chi connectivity index (χ4v) is 0.840. The Hall–Kier alpha value is -1.49. The zero-order valence-electron chi connectivity index (χ0n) is 7.32. The molecule has 13 heavy (non-hydrogen) atoms. The molecular formula is C8H11N3O2. The van der Waals surface area contributed by atoms with Gasteiger partial charge >= 0.3 is 5.97 Å². The van der Waals surface area contributed by atoms with E-state index in [0.29, 0.717) is 12.4 Å². The molecular weight excluding hydrogens is 170 g/mol. The fourth-order valence-electron chi connectivity index (χ4n) is 0.840. The Kier molecular flexibility index (Phi) is 3.33. The van der Waals surface area contributed by atoms with Crippen LogP contribution in [0.3, 0.4) is 0 Å². The summed E-state index contributed by atoms with van der Waals surface area (Å²) in [5.74, 6) is -0.526. The molecule has 0 aliphatic carbocycles. The molecule has 0 saturated heterocycles. The summed E-state index contributed by atoms with van der Waals surface area (Å²) in [6.45, 7) is 3.26. The summed E-state index contributed by atoms with van der Waals surface area (Å²) in [7, 11) is 0. The van der Waals surface area contributed by atoms with E-state index < -0.39 is 5.97 Å². The Balaban J connectivity index is 2.73. The van der Waals surface area contributed by atoms with Crippen LogP contribution in [0.15, 0.2) is 12.3 Å². The first kappa shape index (κ1) is 9.60. The van der Waals surface area contributed by atoms with Crippen LogP contribution in [0.4, 0.5) is 0 Å². The molecule has 1 aromatic heterocycles. The molecule has 0 aromatic carbocycles. The molecule has 1 heterocycles. The SMILES string of the molecule is CCNCc1nccc(C(=O)O)n1. The second kappa shape index (κ2) is 4.51. The monoisotopic (exact) mass is 181 g/mol. The first-order chi connectivity index (χ1) is 6.24. The average molecular weight is 181 g/mol. The van der Waals surface area contributed by atoms with Gasteiger partial charge in [-0.3, -0.25) is 0 Å². The minimum atomic E-state index is -1.03. The van der Waals surface area contributed by atoms with Gasteiger partial charge in [-0.25, -0.2) is 14.8 Å². The van der Waals surface area contributed by atoms with E-state index >= 15 is 0 Å². The maximum Gasteiger partial charge on any atom is 0.354 e. The summed E-state index contributed by atoms with van der Waals surface area (Å²) in [6.07, 6.45) is 1.45. The molecule has 0 unspecified atom stereocenters. The van der Waals surface area contributed by atoms with E-state index in [-0.39, 0.29) is 5.69 Å². The minimum absolute atomic E-state index is 0.0305. The van der Waals surface area contributed by atoms with Crippen molar-refractivity contribution in [2.24, 2.45) is 0 Å². The van der Waals surface area contributed by atoms with Crippen LogP contribution in [0.2, 0.25) is 0 Å². The number of rotatable bonds is 4. The predicted molar refractivity (Wildman–Crippen MR) is 46.4 cm³/mol. The number of hydrogen-bond donors (Lipinski definition) is 2. The summed E-state index contributed by atoms with van der Waals surface area (Å²) in [5, 5.41) is 11.6. The summed E-state index contributed by atoms with van der Waals surface area (Å²) in [4.78, 5) is 18.3. The smallest absolute Gasteiger partial charge is 0.354 e. The first-order valence-electron chi connectivity index (χ1n) is 4.00. The van der Waals surface area contributed by atoms with Crippen molar-refractivity contribution in [1.29, 1.82) is 0 Å². The molecule has 0 atom stereocenters. The molecule has 0 saturated carbocycles. The molecule has 5 nitrogen and oxygen atoms in total. The van der Waals surface area contributed by atoms with Gasteiger partial charge in [-0.2, -0.15) is 0 Å². The third-order valence-corrected chi connectivity index (χ3v) is 1.46. The minimum Gasteiger partial charge on any atom is -0.477 e. The highest BCUT2D eigenvalue weighted by atomic mass is 16.4. The Labute approximate surface area is 75.8 Å². The van der Waals surface area contributed by atoms with E-state index in [0.717, 1.165) is 6.54 Å². The third kappa shape index (κ3) is 2.79. The summed E-state index contributed by atoms with van der Waals surface area (Å²) in [5.41, 5.74) is 0.0305. The molecule has 70 valence electrons. The molecule has 0 spiro atoms. The highest BCUT2D eigenvalue weighted by Crippen LogP contribution is 1.94. The van der Waals surface area contributed by atoms with Gasteiger partial charge in [0.1, 0.15) is 5.82 Å². The van der Waals surface area contributed by atoms with Gasteiger partial charge in [0.05, 0.1) is 6.54 Å². The fraction of sp³-hybridized carbons (Fsp3) is 0.375. The van der Waals surface area contributed by atoms with E-state index in [4.69, 9.17) is 5.11 Å². The standard InChI is InChI=1S/C8H11N3O2/c1-2-9-5-7-10-4-3-6(11-7)8(12)13/h3-4,9H,2,5H2,1H3,(H,12,13). The van der Waals surface area contributed by atoms with Crippen molar-refractivity contribution in [2.45, 2.75) is 13.5 Å². The third-order valence-electron chi connectivity index (χ3n) is 1.46. The van der Waals surface area contributed by atoms with Crippen LogP contribution in [0.25, 0.3) is 0 Å². The number of aromatic nitrogens is 2. The topological polar surface area (TPSA) is 75.1 Å². The largest absolute Gasteiger partial charge is 0.477 e. The van der Waals surface area contributed by atoms with Crippen LogP contribution >= 0.6 is 0 Å². The van der Waals surface area contributed by atoms with Crippen molar-refractivity contribution in [1.82, 2.24) is 15.3 Å². The molecule has 0 aliphatic rings. The number of nitrogens with zero attached hydrogens (tertiary/aromatic N) is 2. The molecule has 0 bridgehead atoms. The summed E-state index contributed by atoms with van der Waals surface area (Å²) in [6, 6.07) is 1.37. The number of carboxylic acid groups (broad SMARTS) is 1. The molecule has 0 amide bonds. The highest BCUT2D eigenvalue weighted by molar-refractivity contribution is 5.85. The van der Waals surface area contributed by atoms with Crippen LogP contribution in [-0.4, -0.2) is 27.6 Å². The molecule has 0 radical (unpaired) electrons. The van der Waals surface area contributed by atoms with E-state index in [2.05, 4.69) is 15.3 Å². The zero-order valence-corrected chi connectivity index (χ0v) is 7.32. The molecule has 1 rings (SSSR count). The summed E-state index contributed by atoms with van der Waals surface area (Å²) >= 11 is 0. The van der Waals surface area contributed by atoms with Gasteiger partial charge in [0.15, 0.2) is 5.69 Å². The lowest BCUT2D eigenvalue weighted by atomic mass is 10.4. The second-order valence-corrected chi connectivity index (χ2v) is 2.44. The molecule has 0 fully saturated rings. The predicted octanol–water partition coefficient (Wildman–Crippen LogP) is 0.284. The van der Waals surface area contributed by atoms with Gasteiger partial charge in [0, 0.05) is 6.20 Å². The van der Waals surface area contributed by atoms with Gasteiger partial charge in [0.25, 0.3) is 0 Å². The quantitative estimate of drug-likeness (QED) is 0.698. The van der Waals surface area contributed by atoms with Crippen molar-refractivity contribution in [3.8, 4) is 0 Å². The number of carbonyl (C=O) groups is 1. The van der Waals surface area contributed by atoms with Crippen LogP contribution < -0.4 is 5.32 Å². The molecule has 5 heteroatoms. The van der Waals surface area contributed by atoms with Gasteiger partial charge in [-0.15, -0.1) is 0 Å². The normalized spacial score (nSPS) is 9.92. The van der Waals surface area contributed by atoms with E-state index in [9.17, 15) is 4.79 Å². The number of hydrogen-bond acceptors (Lipinski definition) is 4. The highest BCUT2D eigenvalue weighted by Gasteiger charge is 2.04. The number of aromatic carboxylic acids is 1. The number of nitrogens with one attached hydrogen (secondary N) is 1. The van der Waals surface area contributed by atoms with Crippen molar-refractivity contribution in [3.05, 3.63) is 23.8 Å². The lowest BCUT2D eigenvalue weighted by Crippen LogP contribution is -2.15. The lowest BCUT2D eigenvalue weighted by Gasteiger charge is -2.00. The van der Waals surface area contributed by atoms with E-state index in [1.807, 2.05) is 6.92 Å². The Morgan fingerprint density at radius 1 is 1.69 bits per heavy atom.